The minimum atomic E-state index is -0.293. The van der Waals surface area contributed by atoms with Crippen LogP contribution in [0.1, 0.15) is 118 Å². The Morgan fingerprint density at radius 3 is 2.15 bits per heavy atom. The Hall–Kier alpha value is -4.90. The van der Waals surface area contributed by atoms with Gasteiger partial charge in [-0.3, -0.25) is 4.57 Å². The van der Waals surface area contributed by atoms with Gasteiger partial charge in [0.2, 0.25) is 5.90 Å². The normalized spacial score (nSPS) is 21.3. The van der Waals surface area contributed by atoms with E-state index >= 15 is 0 Å². The second-order valence-corrected chi connectivity index (χ2v) is 18.6. The molecule has 1 saturated carbocycles. The summed E-state index contributed by atoms with van der Waals surface area (Å²) in [5, 5.41) is 2.45. The lowest BCUT2D eigenvalue weighted by Gasteiger charge is -2.36. The van der Waals surface area contributed by atoms with E-state index in [1.54, 1.807) is 0 Å². The molecule has 1 aliphatic carbocycles. The van der Waals surface area contributed by atoms with Gasteiger partial charge in [0.15, 0.2) is 0 Å². The van der Waals surface area contributed by atoms with Crippen LogP contribution in [0.4, 0.5) is 0 Å². The molecule has 54 heavy (non-hydrogen) atoms. The van der Waals surface area contributed by atoms with E-state index < -0.39 is 0 Å². The Balaban J connectivity index is 1.24. The third kappa shape index (κ3) is 5.03. The molecule has 5 heteroatoms. The number of benzene rings is 4. The highest BCUT2D eigenvalue weighted by atomic mass is 16.5. The average Bonchev–Trinajstić information content (AvgIpc) is 3.65. The number of nitrogens with zero attached hydrogens (tertiary/aromatic N) is 3. The zero-order valence-electron chi connectivity index (χ0n) is 34.1. The van der Waals surface area contributed by atoms with Gasteiger partial charge in [0.05, 0.1) is 11.2 Å². The van der Waals surface area contributed by atoms with Gasteiger partial charge in [-0.1, -0.05) is 58.4 Å². The highest BCUT2D eigenvalue weighted by Gasteiger charge is 2.55. The van der Waals surface area contributed by atoms with Crippen molar-refractivity contribution in [3.63, 3.8) is 0 Å². The number of pyridine rings is 1. The first-order valence-corrected chi connectivity index (χ1v) is 19.7. The van der Waals surface area contributed by atoms with Crippen LogP contribution in [-0.2, 0) is 15.6 Å². The van der Waals surface area contributed by atoms with Crippen molar-refractivity contribution >= 4 is 27.8 Å². The number of aryl methyl sites for hydroxylation is 5. The molecule has 4 aromatic carbocycles. The van der Waals surface area contributed by atoms with E-state index in [0.717, 1.165) is 64.3 Å². The summed E-state index contributed by atoms with van der Waals surface area (Å²) in [6.45, 7) is 27.0. The van der Waals surface area contributed by atoms with Crippen LogP contribution in [0.15, 0.2) is 71.9 Å². The summed E-state index contributed by atoms with van der Waals surface area (Å²) < 4.78 is 16.2. The van der Waals surface area contributed by atoms with Gasteiger partial charge < -0.3 is 9.47 Å². The second-order valence-electron chi connectivity index (χ2n) is 18.6. The maximum atomic E-state index is 7.06. The predicted octanol–water partition coefficient (Wildman–Crippen LogP) is 12.6. The Labute approximate surface area is 320 Å². The third-order valence-corrected chi connectivity index (χ3v) is 13.1. The van der Waals surface area contributed by atoms with Gasteiger partial charge in [0.1, 0.15) is 28.3 Å². The molecule has 276 valence electrons. The topological polar surface area (TPSA) is 48.6 Å². The van der Waals surface area contributed by atoms with Crippen LogP contribution >= 0.6 is 0 Å². The smallest absolute Gasteiger partial charge is 0.217 e. The van der Waals surface area contributed by atoms with Crippen LogP contribution in [-0.4, -0.2) is 26.6 Å². The molecule has 3 aliphatic rings. The molecule has 1 fully saturated rings. The molecule has 0 bridgehead atoms. The number of aliphatic imine (C=N–C) groups is 1. The lowest BCUT2D eigenvalue weighted by molar-refractivity contribution is 0.0580. The van der Waals surface area contributed by atoms with Crippen LogP contribution in [0.5, 0.6) is 11.5 Å². The first kappa shape index (κ1) is 34.8. The van der Waals surface area contributed by atoms with Gasteiger partial charge in [-0.25, -0.2) is 9.98 Å². The van der Waals surface area contributed by atoms with Crippen molar-refractivity contribution in [1.82, 2.24) is 9.55 Å². The molecular weight excluding hydrogens is 663 g/mol. The summed E-state index contributed by atoms with van der Waals surface area (Å²) in [7, 11) is 0. The Morgan fingerprint density at radius 1 is 0.722 bits per heavy atom. The molecule has 0 saturated heterocycles. The van der Waals surface area contributed by atoms with Crippen molar-refractivity contribution in [2.24, 2.45) is 4.99 Å². The zero-order valence-corrected chi connectivity index (χ0v) is 34.1. The zero-order chi connectivity index (χ0) is 38.3. The van der Waals surface area contributed by atoms with E-state index in [9.17, 15) is 0 Å². The van der Waals surface area contributed by atoms with Gasteiger partial charge in [-0.15, -0.1) is 0 Å². The molecule has 0 amide bonds. The summed E-state index contributed by atoms with van der Waals surface area (Å²) in [5.74, 6) is 2.31. The van der Waals surface area contributed by atoms with Crippen molar-refractivity contribution in [2.75, 3.05) is 0 Å². The molecule has 6 aromatic rings. The lowest BCUT2D eigenvalue weighted by Crippen LogP contribution is -2.41. The number of hydrogen-bond donors (Lipinski definition) is 0. The summed E-state index contributed by atoms with van der Waals surface area (Å²) in [4.78, 5) is 10.4. The van der Waals surface area contributed by atoms with E-state index in [1.807, 2.05) is 6.20 Å². The minimum Gasteiger partial charge on any atom is -0.469 e. The molecule has 2 aromatic heterocycles. The Kier molecular flexibility index (Phi) is 7.30. The van der Waals surface area contributed by atoms with Gasteiger partial charge >= 0.3 is 0 Å². The standard InChI is InChI=1S/C49H53N3O2/c1-27-16-30(4)42(31(5)17-27)32-20-33(45-51-48(11)14-13-15-49(48,12)54-45)22-35(21-32)53-41-25-40-38(19-29(41)3)47(9,10)39-24-34(46(6,7)8)23-36-37-18-28(2)26-50-44(37)52(40)43(36)39/h16-26H,13-15H2,1-12H3/t48-,49+/m1/s1. The maximum Gasteiger partial charge on any atom is 0.217 e. The predicted molar refractivity (Wildman–Crippen MR) is 223 cm³/mol. The second kappa shape index (κ2) is 11.3. The fourth-order valence-corrected chi connectivity index (χ4v) is 9.80. The Morgan fingerprint density at radius 2 is 1.44 bits per heavy atom. The summed E-state index contributed by atoms with van der Waals surface area (Å²) in [6.07, 6.45) is 5.17. The molecule has 9 rings (SSSR count). The monoisotopic (exact) mass is 715 g/mol. The van der Waals surface area contributed by atoms with Crippen molar-refractivity contribution in [2.45, 2.75) is 124 Å². The van der Waals surface area contributed by atoms with Gasteiger partial charge in [-0.2, -0.15) is 0 Å². The fourth-order valence-electron chi connectivity index (χ4n) is 9.80. The van der Waals surface area contributed by atoms with Gasteiger partial charge in [0, 0.05) is 34.0 Å². The number of aromatic nitrogens is 2. The summed E-state index contributed by atoms with van der Waals surface area (Å²) >= 11 is 0. The summed E-state index contributed by atoms with van der Waals surface area (Å²) in [6, 6.07) is 22.8. The van der Waals surface area contributed by atoms with E-state index in [2.05, 4.69) is 148 Å². The van der Waals surface area contributed by atoms with Gasteiger partial charge in [0.25, 0.3) is 0 Å². The quantitative estimate of drug-likeness (QED) is 0.183. The summed E-state index contributed by atoms with van der Waals surface area (Å²) in [5.41, 5.74) is 15.8. The van der Waals surface area contributed by atoms with E-state index in [-0.39, 0.29) is 22.0 Å². The number of ether oxygens (including phenoxy) is 2. The van der Waals surface area contributed by atoms with Crippen molar-refractivity contribution in [3.05, 3.63) is 117 Å². The van der Waals surface area contributed by atoms with Crippen molar-refractivity contribution < 1.29 is 9.47 Å². The largest absolute Gasteiger partial charge is 0.469 e. The number of hydrogen-bond acceptors (Lipinski definition) is 4. The maximum absolute atomic E-state index is 7.06. The highest BCUT2D eigenvalue weighted by molar-refractivity contribution is 6.11. The molecule has 0 radical (unpaired) electrons. The van der Waals surface area contributed by atoms with Crippen LogP contribution < -0.4 is 4.74 Å². The van der Waals surface area contributed by atoms with E-state index in [4.69, 9.17) is 19.5 Å². The molecule has 0 unspecified atom stereocenters. The third-order valence-electron chi connectivity index (χ3n) is 13.1. The average molecular weight is 716 g/mol. The molecule has 5 nitrogen and oxygen atoms in total. The molecular formula is C49H53N3O2. The lowest BCUT2D eigenvalue weighted by atomic mass is 9.72. The molecule has 2 aliphatic heterocycles. The fraction of sp³-hybridized carbons (Fsp3) is 0.388. The van der Waals surface area contributed by atoms with Crippen LogP contribution in [0.2, 0.25) is 0 Å². The number of fused-ring (bicyclic) bond motifs is 6. The first-order valence-electron chi connectivity index (χ1n) is 19.7. The SMILES string of the molecule is Cc1cc(C)c(-c2cc(Oc3cc4c(cc3C)C(C)(C)c3cc(C(C)(C)C)cc5c6cc(C)cnc6n-4c35)cc(C3=N[C@]4(C)CCC[C@]4(C)O3)c2)c(C)c1. The highest BCUT2D eigenvalue weighted by Crippen LogP contribution is 2.52. The number of rotatable bonds is 4. The minimum absolute atomic E-state index is 0.00665. The molecule has 4 heterocycles. The van der Waals surface area contributed by atoms with E-state index in [0.29, 0.717) is 5.90 Å². The molecule has 0 N–H and O–H groups in total. The van der Waals surface area contributed by atoms with Crippen molar-refractivity contribution in [3.8, 4) is 28.3 Å². The van der Waals surface area contributed by atoms with Crippen LogP contribution in [0.3, 0.4) is 0 Å². The Bertz CT molecular complexity index is 2610. The van der Waals surface area contributed by atoms with Crippen LogP contribution in [0.25, 0.3) is 38.8 Å². The van der Waals surface area contributed by atoms with E-state index in [1.165, 1.54) is 55.2 Å². The van der Waals surface area contributed by atoms with Crippen molar-refractivity contribution in [1.29, 1.82) is 0 Å². The first-order chi connectivity index (χ1) is 25.4. The van der Waals surface area contributed by atoms with Crippen LogP contribution in [0, 0.1) is 34.6 Å². The molecule has 0 spiro atoms. The molecule has 2 atom stereocenters. The van der Waals surface area contributed by atoms with Gasteiger partial charge in [-0.05, 0) is 160 Å².